The van der Waals surface area contributed by atoms with Gasteiger partial charge in [0.2, 0.25) is 5.91 Å². The number of hydrogen-bond donors (Lipinski definition) is 1. The maximum atomic E-state index is 15.2. The number of carbonyl (C=O) groups excluding carboxylic acids is 2. The zero-order chi connectivity index (χ0) is 27.3. The van der Waals surface area contributed by atoms with Gasteiger partial charge in [-0.05, 0) is 56.9 Å². The van der Waals surface area contributed by atoms with Gasteiger partial charge in [-0.1, -0.05) is 55.7 Å². The van der Waals surface area contributed by atoms with Crippen molar-refractivity contribution in [3.63, 3.8) is 0 Å². The number of aliphatic hydroxyl groups is 1. The fraction of sp³-hybridized carbons (Fsp3) is 0.533. The molecule has 1 aliphatic heterocycles. The van der Waals surface area contributed by atoms with Crippen LogP contribution in [-0.4, -0.2) is 64.3 Å². The quantitative estimate of drug-likeness (QED) is 0.555. The average Bonchev–Trinajstić information content (AvgIpc) is 2.88. The summed E-state index contributed by atoms with van der Waals surface area (Å²) in [6, 6.07) is 14.1. The predicted molar refractivity (Wildman–Crippen MR) is 142 cm³/mol. The second-order valence-electron chi connectivity index (χ2n) is 11.4. The smallest absolute Gasteiger partial charge is 0.410 e. The molecule has 38 heavy (non-hydrogen) atoms. The van der Waals surface area contributed by atoms with E-state index in [0.29, 0.717) is 44.6 Å². The molecular weight excluding hydrogens is 487 g/mol. The van der Waals surface area contributed by atoms with Crippen molar-refractivity contribution in [2.75, 3.05) is 26.2 Å². The van der Waals surface area contributed by atoms with Crippen LogP contribution in [0, 0.1) is 5.82 Å². The van der Waals surface area contributed by atoms with Crippen molar-refractivity contribution < 1.29 is 28.6 Å². The highest BCUT2D eigenvalue weighted by Gasteiger charge is 2.45. The van der Waals surface area contributed by atoms with Crippen LogP contribution in [0.5, 0.6) is 5.75 Å². The van der Waals surface area contributed by atoms with Gasteiger partial charge in [0, 0.05) is 26.2 Å². The summed E-state index contributed by atoms with van der Waals surface area (Å²) >= 11 is 0. The molecule has 1 aliphatic carbocycles. The Hall–Kier alpha value is -3.13. The van der Waals surface area contributed by atoms with Crippen molar-refractivity contribution in [2.45, 2.75) is 76.6 Å². The van der Waals surface area contributed by atoms with Crippen LogP contribution in [0.1, 0.15) is 69.9 Å². The molecule has 1 heterocycles. The van der Waals surface area contributed by atoms with Crippen LogP contribution >= 0.6 is 0 Å². The molecule has 2 aromatic carbocycles. The molecule has 0 aromatic heterocycles. The Kier molecular flexibility index (Phi) is 8.61. The van der Waals surface area contributed by atoms with Crippen LogP contribution in [0.15, 0.2) is 48.5 Å². The summed E-state index contributed by atoms with van der Waals surface area (Å²) in [5, 5.41) is 11.7. The molecule has 7 nitrogen and oxygen atoms in total. The molecule has 206 valence electrons. The third-order valence-corrected chi connectivity index (χ3v) is 7.27. The Balaban J connectivity index is 1.50. The molecule has 1 unspecified atom stereocenters. The first kappa shape index (κ1) is 27.9. The molecule has 1 N–H and O–H groups in total. The van der Waals surface area contributed by atoms with Gasteiger partial charge in [-0.3, -0.25) is 4.79 Å². The van der Waals surface area contributed by atoms with E-state index in [1.165, 1.54) is 6.07 Å². The van der Waals surface area contributed by atoms with E-state index in [0.717, 1.165) is 24.8 Å². The molecule has 8 heteroatoms. The van der Waals surface area contributed by atoms with Crippen LogP contribution in [0.2, 0.25) is 0 Å². The maximum Gasteiger partial charge on any atom is 0.410 e. The highest BCUT2D eigenvalue weighted by molar-refractivity contribution is 5.85. The highest BCUT2D eigenvalue weighted by atomic mass is 19.1. The number of ether oxygens (including phenoxy) is 2. The summed E-state index contributed by atoms with van der Waals surface area (Å²) in [6.45, 7) is 7.01. The molecule has 1 atom stereocenters. The number of carbonyl (C=O) groups is 2. The zero-order valence-electron chi connectivity index (χ0n) is 22.6. The van der Waals surface area contributed by atoms with Crippen LogP contribution in [0.25, 0.3) is 0 Å². The molecule has 0 radical (unpaired) electrons. The zero-order valence-corrected chi connectivity index (χ0v) is 22.6. The molecule has 2 fully saturated rings. The first-order valence-corrected chi connectivity index (χ1v) is 13.5. The van der Waals surface area contributed by atoms with Crippen molar-refractivity contribution in [1.29, 1.82) is 0 Å². The predicted octanol–water partition coefficient (Wildman–Crippen LogP) is 5.26. The lowest BCUT2D eigenvalue weighted by atomic mass is 9.72. The third-order valence-electron chi connectivity index (χ3n) is 7.27. The van der Waals surface area contributed by atoms with Gasteiger partial charge in [-0.25, -0.2) is 9.18 Å². The largest absolute Gasteiger partial charge is 0.486 e. The normalized spacial score (nSPS) is 18.6. The maximum absolute atomic E-state index is 15.2. The molecule has 2 amide bonds. The number of hydrogen-bond acceptors (Lipinski definition) is 5. The fourth-order valence-electron chi connectivity index (χ4n) is 5.30. The van der Waals surface area contributed by atoms with Gasteiger partial charge in [0.25, 0.3) is 0 Å². The minimum atomic E-state index is -1.25. The van der Waals surface area contributed by atoms with Crippen LogP contribution in [-0.2, 0) is 16.1 Å². The van der Waals surface area contributed by atoms with E-state index in [4.69, 9.17) is 9.47 Å². The van der Waals surface area contributed by atoms with Crippen molar-refractivity contribution in [2.24, 2.45) is 0 Å². The summed E-state index contributed by atoms with van der Waals surface area (Å²) in [7, 11) is 0. The van der Waals surface area contributed by atoms with E-state index >= 15 is 4.39 Å². The summed E-state index contributed by atoms with van der Waals surface area (Å²) in [5.41, 5.74) is -0.485. The molecule has 2 aliphatic rings. The summed E-state index contributed by atoms with van der Waals surface area (Å²) in [6.07, 6.45) is 3.18. The van der Waals surface area contributed by atoms with Crippen molar-refractivity contribution in [3.8, 4) is 5.75 Å². The first-order chi connectivity index (χ1) is 18.1. The Morgan fingerprint density at radius 1 is 0.974 bits per heavy atom. The van der Waals surface area contributed by atoms with E-state index in [-0.39, 0.29) is 18.3 Å². The van der Waals surface area contributed by atoms with Crippen LogP contribution in [0.4, 0.5) is 9.18 Å². The topological polar surface area (TPSA) is 79.3 Å². The lowest BCUT2D eigenvalue weighted by molar-refractivity contribution is -0.143. The number of nitrogens with zero attached hydrogens (tertiary/aromatic N) is 2. The van der Waals surface area contributed by atoms with Crippen LogP contribution in [0.3, 0.4) is 0 Å². The Labute approximate surface area is 224 Å². The summed E-state index contributed by atoms with van der Waals surface area (Å²) < 4.78 is 26.4. The van der Waals surface area contributed by atoms with E-state index in [9.17, 15) is 14.7 Å². The minimum Gasteiger partial charge on any atom is -0.486 e. The lowest BCUT2D eigenvalue weighted by Crippen LogP contribution is -2.55. The van der Waals surface area contributed by atoms with Gasteiger partial charge in [0.1, 0.15) is 12.2 Å². The van der Waals surface area contributed by atoms with Gasteiger partial charge in [-0.2, -0.15) is 0 Å². The Bertz CT molecular complexity index is 1100. The number of piperazine rings is 1. The van der Waals surface area contributed by atoms with Gasteiger partial charge >= 0.3 is 6.09 Å². The molecule has 2 aromatic rings. The first-order valence-electron chi connectivity index (χ1n) is 13.5. The summed E-state index contributed by atoms with van der Waals surface area (Å²) in [4.78, 5) is 29.6. The van der Waals surface area contributed by atoms with Crippen LogP contribution < -0.4 is 4.74 Å². The number of halogens is 1. The highest BCUT2D eigenvalue weighted by Crippen LogP contribution is 2.42. The van der Waals surface area contributed by atoms with E-state index in [1.54, 1.807) is 21.9 Å². The molecule has 0 bridgehead atoms. The standard InChI is InChI=1S/C30H39FN2O5/c1-29(2,3)38-28(35)33-18-16-32(17-19-33)27(34)26(30(36)14-8-5-9-15-30)23-12-13-25(24(31)20-23)37-21-22-10-6-4-7-11-22/h4,6-7,10-13,20,26,36H,5,8-9,14-19,21H2,1-3H3. The van der Waals surface area contributed by atoms with Gasteiger partial charge in [-0.15, -0.1) is 0 Å². The van der Waals surface area contributed by atoms with E-state index < -0.39 is 29.0 Å². The van der Waals surface area contributed by atoms with Crippen molar-refractivity contribution in [1.82, 2.24) is 9.80 Å². The third kappa shape index (κ3) is 6.84. The average molecular weight is 527 g/mol. The van der Waals surface area contributed by atoms with Gasteiger partial charge < -0.3 is 24.4 Å². The molecular formula is C30H39FN2O5. The number of benzene rings is 2. The second-order valence-corrected chi connectivity index (χ2v) is 11.4. The van der Waals surface area contributed by atoms with Crippen molar-refractivity contribution >= 4 is 12.0 Å². The number of rotatable bonds is 6. The second kappa shape index (κ2) is 11.7. The monoisotopic (exact) mass is 526 g/mol. The lowest BCUT2D eigenvalue weighted by Gasteiger charge is -2.43. The van der Waals surface area contributed by atoms with E-state index in [2.05, 4.69) is 0 Å². The molecule has 4 rings (SSSR count). The Morgan fingerprint density at radius 3 is 2.21 bits per heavy atom. The van der Waals surface area contributed by atoms with Crippen molar-refractivity contribution in [3.05, 3.63) is 65.5 Å². The molecule has 1 saturated carbocycles. The summed E-state index contributed by atoms with van der Waals surface area (Å²) in [5.74, 6) is -1.60. The minimum absolute atomic E-state index is 0.102. The molecule has 0 spiro atoms. The van der Waals surface area contributed by atoms with Gasteiger partial charge in [0.15, 0.2) is 11.6 Å². The van der Waals surface area contributed by atoms with E-state index in [1.807, 2.05) is 51.1 Å². The SMILES string of the molecule is CC(C)(C)OC(=O)N1CCN(C(=O)C(c2ccc(OCc3ccccc3)c(F)c2)C2(O)CCCCC2)CC1. The Morgan fingerprint density at radius 2 is 1.61 bits per heavy atom. The van der Waals surface area contributed by atoms with Gasteiger partial charge in [0.05, 0.1) is 11.5 Å². The molecule has 1 saturated heterocycles. The fourth-order valence-corrected chi connectivity index (χ4v) is 5.30. The number of amides is 2.